The average Bonchev–Trinajstić information content (AvgIpc) is 3.13. The quantitative estimate of drug-likeness (QED) is 0.339. The number of carbonyl (C=O) groups excluding carboxylic acids is 1. The van der Waals surface area contributed by atoms with E-state index < -0.39 is 5.97 Å². The Balaban J connectivity index is 1.94. The highest BCUT2D eigenvalue weighted by Crippen LogP contribution is 2.38. The maximum Gasteiger partial charge on any atom is 0.333 e. The number of aliphatic hydroxyl groups is 1. The van der Waals surface area contributed by atoms with Gasteiger partial charge in [-0.25, -0.2) is 4.79 Å². The minimum atomic E-state index is -0.472. The Morgan fingerprint density at radius 1 is 1.13 bits per heavy atom. The molecule has 0 fully saturated rings. The Morgan fingerprint density at radius 2 is 1.84 bits per heavy atom. The fraction of sp³-hybridized carbons (Fsp3) is 0.348. The lowest BCUT2D eigenvalue weighted by molar-refractivity contribution is -0.139. The first-order valence-corrected chi connectivity index (χ1v) is 9.90. The van der Waals surface area contributed by atoms with Gasteiger partial charge in [0, 0.05) is 17.2 Å². The molecule has 8 nitrogen and oxygen atoms in total. The van der Waals surface area contributed by atoms with Crippen LogP contribution in [0.25, 0.3) is 16.7 Å². The van der Waals surface area contributed by atoms with E-state index in [-0.39, 0.29) is 31.0 Å². The third-order valence-corrected chi connectivity index (χ3v) is 4.65. The molecule has 1 heterocycles. The zero-order chi connectivity index (χ0) is 22.8. The van der Waals surface area contributed by atoms with Crippen LogP contribution < -0.4 is 4.74 Å². The fourth-order valence-corrected chi connectivity index (χ4v) is 2.98. The molecule has 0 spiro atoms. The molecule has 0 radical (unpaired) electrons. The van der Waals surface area contributed by atoms with Gasteiger partial charge in [-0.15, -0.1) is 15.0 Å². The Labute approximate surface area is 180 Å². The van der Waals surface area contributed by atoms with Crippen molar-refractivity contribution in [1.29, 1.82) is 0 Å². The van der Waals surface area contributed by atoms with Gasteiger partial charge in [0.15, 0.2) is 0 Å². The van der Waals surface area contributed by atoms with E-state index in [1.807, 2.05) is 20.8 Å². The van der Waals surface area contributed by atoms with Gasteiger partial charge < -0.3 is 19.7 Å². The lowest BCUT2D eigenvalue weighted by atomic mass is 9.86. The van der Waals surface area contributed by atoms with E-state index in [0.717, 1.165) is 5.56 Å². The number of phenols is 1. The van der Waals surface area contributed by atoms with Crippen molar-refractivity contribution in [3.63, 3.8) is 0 Å². The summed E-state index contributed by atoms with van der Waals surface area (Å²) in [5, 5.41) is 29.2. The standard InChI is InChI=1S/C23H27N3O5/c1-14(2)22(29)31-9-8-30-16-11-17(23(3,4)5)21(28)20(12-16)26-24-18-7-6-15(13-27)10-19(18)25-26/h6-7,10-12,27-28H,1,8-9,13H2,2-5H3. The van der Waals surface area contributed by atoms with Crippen LogP contribution in [0.2, 0.25) is 0 Å². The first-order valence-electron chi connectivity index (χ1n) is 9.90. The van der Waals surface area contributed by atoms with Crippen molar-refractivity contribution in [2.75, 3.05) is 13.2 Å². The highest BCUT2D eigenvalue weighted by Gasteiger charge is 2.24. The minimum Gasteiger partial charge on any atom is -0.505 e. The van der Waals surface area contributed by atoms with E-state index in [1.165, 1.54) is 4.80 Å². The van der Waals surface area contributed by atoms with Crippen LogP contribution in [0, 0.1) is 0 Å². The third-order valence-electron chi connectivity index (χ3n) is 4.65. The molecule has 8 heteroatoms. The Hall–Kier alpha value is -3.39. The van der Waals surface area contributed by atoms with Gasteiger partial charge in [0.1, 0.15) is 41.4 Å². The van der Waals surface area contributed by atoms with Crippen LogP contribution in [0.4, 0.5) is 0 Å². The summed E-state index contributed by atoms with van der Waals surface area (Å²) < 4.78 is 10.8. The third kappa shape index (κ3) is 5.03. The molecule has 0 amide bonds. The number of rotatable bonds is 7. The molecule has 0 atom stereocenters. The Bertz CT molecular complexity index is 1130. The molecule has 0 aliphatic heterocycles. The van der Waals surface area contributed by atoms with E-state index in [2.05, 4.69) is 16.8 Å². The lowest BCUT2D eigenvalue weighted by Crippen LogP contribution is -2.15. The molecule has 0 bridgehead atoms. The molecule has 164 valence electrons. The van der Waals surface area contributed by atoms with Crippen LogP contribution in [-0.2, 0) is 21.6 Å². The predicted octanol–water partition coefficient (Wildman–Crippen LogP) is 3.41. The highest BCUT2D eigenvalue weighted by atomic mass is 16.6. The highest BCUT2D eigenvalue weighted by molar-refractivity contribution is 5.86. The first kappa shape index (κ1) is 22.3. The smallest absolute Gasteiger partial charge is 0.333 e. The van der Waals surface area contributed by atoms with Crippen LogP contribution in [0.1, 0.15) is 38.8 Å². The summed E-state index contributed by atoms with van der Waals surface area (Å²) in [5.41, 5.74) is 2.93. The molecular weight excluding hydrogens is 398 g/mol. The SMILES string of the molecule is C=C(C)C(=O)OCCOc1cc(-n2nc3ccc(CO)cc3n2)c(O)c(C(C)(C)C)c1. The van der Waals surface area contributed by atoms with Gasteiger partial charge in [-0.2, -0.15) is 0 Å². The number of aliphatic hydroxyl groups excluding tert-OH is 1. The molecule has 0 saturated carbocycles. The molecule has 31 heavy (non-hydrogen) atoms. The van der Waals surface area contributed by atoms with Crippen LogP contribution in [0.3, 0.4) is 0 Å². The monoisotopic (exact) mass is 425 g/mol. The molecule has 1 aromatic heterocycles. The summed E-state index contributed by atoms with van der Waals surface area (Å²) >= 11 is 0. The van der Waals surface area contributed by atoms with Crippen molar-refractivity contribution in [2.45, 2.75) is 39.7 Å². The maximum atomic E-state index is 11.5. The van der Waals surface area contributed by atoms with E-state index in [0.29, 0.717) is 33.6 Å². The molecule has 0 aliphatic carbocycles. The molecular formula is C23H27N3O5. The number of carbonyl (C=O) groups is 1. The number of fused-ring (bicyclic) bond motifs is 1. The maximum absolute atomic E-state index is 11.5. The number of phenolic OH excluding ortho intramolecular Hbond substituents is 1. The molecule has 0 unspecified atom stereocenters. The number of benzene rings is 2. The van der Waals surface area contributed by atoms with Gasteiger partial charge in [-0.3, -0.25) is 0 Å². The Kier molecular flexibility index (Phi) is 6.31. The molecule has 2 aromatic carbocycles. The van der Waals surface area contributed by atoms with E-state index >= 15 is 0 Å². The molecule has 3 rings (SSSR count). The molecule has 0 saturated heterocycles. The summed E-state index contributed by atoms with van der Waals surface area (Å²) in [6, 6.07) is 8.68. The number of nitrogens with zero attached hydrogens (tertiary/aromatic N) is 3. The molecule has 0 aliphatic rings. The number of aromatic nitrogens is 3. The molecule has 3 aromatic rings. The van der Waals surface area contributed by atoms with Crippen LogP contribution in [0.5, 0.6) is 11.5 Å². The van der Waals surface area contributed by atoms with Gasteiger partial charge >= 0.3 is 5.97 Å². The van der Waals surface area contributed by atoms with Crippen LogP contribution >= 0.6 is 0 Å². The van der Waals surface area contributed by atoms with Crippen molar-refractivity contribution in [3.05, 3.63) is 53.6 Å². The van der Waals surface area contributed by atoms with Crippen molar-refractivity contribution >= 4 is 17.0 Å². The van der Waals surface area contributed by atoms with E-state index in [9.17, 15) is 15.0 Å². The second-order valence-electron chi connectivity index (χ2n) is 8.32. The normalized spacial score (nSPS) is 11.5. The van der Waals surface area contributed by atoms with Gasteiger partial charge in [0.2, 0.25) is 0 Å². The minimum absolute atomic E-state index is 0.0521. The number of hydrogen-bond acceptors (Lipinski definition) is 7. The summed E-state index contributed by atoms with van der Waals surface area (Å²) in [4.78, 5) is 12.9. The topological polar surface area (TPSA) is 107 Å². The van der Waals surface area contributed by atoms with Crippen molar-refractivity contribution in [2.24, 2.45) is 0 Å². The number of esters is 1. The van der Waals surface area contributed by atoms with Gasteiger partial charge in [-0.05, 0) is 36.1 Å². The predicted molar refractivity (Wildman–Crippen MR) is 116 cm³/mol. The van der Waals surface area contributed by atoms with Gasteiger partial charge in [0.05, 0.1) is 6.61 Å². The van der Waals surface area contributed by atoms with Crippen molar-refractivity contribution in [3.8, 4) is 17.2 Å². The average molecular weight is 425 g/mol. The summed E-state index contributed by atoms with van der Waals surface area (Å²) in [7, 11) is 0. The van der Waals surface area contributed by atoms with Crippen LogP contribution in [0.15, 0.2) is 42.5 Å². The van der Waals surface area contributed by atoms with Crippen LogP contribution in [-0.4, -0.2) is 44.4 Å². The largest absolute Gasteiger partial charge is 0.505 e. The second kappa shape index (κ2) is 8.77. The van der Waals surface area contributed by atoms with Gasteiger partial charge in [0.25, 0.3) is 0 Å². The number of ether oxygens (including phenoxy) is 2. The second-order valence-corrected chi connectivity index (χ2v) is 8.32. The fourth-order valence-electron chi connectivity index (χ4n) is 2.98. The van der Waals surface area contributed by atoms with Crippen molar-refractivity contribution in [1.82, 2.24) is 15.0 Å². The van der Waals surface area contributed by atoms with Crippen molar-refractivity contribution < 1.29 is 24.5 Å². The number of hydrogen-bond donors (Lipinski definition) is 2. The Morgan fingerprint density at radius 3 is 2.48 bits per heavy atom. The van der Waals surface area contributed by atoms with E-state index in [1.54, 1.807) is 37.3 Å². The zero-order valence-corrected chi connectivity index (χ0v) is 18.2. The lowest BCUT2D eigenvalue weighted by Gasteiger charge is -2.23. The summed E-state index contributed by atoms with van der Waals surface area (Å²) in [6.07, 6.45) is 0. The number of aromatic hydroxyl groups is 1. The van der Waals surface area contributed by atoms with E-state index in [4.69, 9.17) is 9.47 Å². The first-order chi connectivity index (χ1) is 14.6. The summed E-state index contributed by atoms with van der Waals surface area (Å²) in [6.45, 7) is 11.2. The van der Waals surface area contributed by atoms with Gasteiger partial charge in [-0.1, -0.05) is 33.4 Å². The summed E-state index contributed by atoms with van der Waals surface area (Å²) in [5.74, 6) is 0.0674. The zero-order valence-electron chi connectivity index (χ0n) is 18.2. The molecule has 2 N–H and O–H groups in total.